The van der Waals surface area contributed by atoms with E-state index in [0.717, 1.165) is 5.56 Å². The van der Waals surface area contributed by atoms with Gasteiger partial charge in [0.2, 0.25) is 0 Å². The van der Waals surface area contributed by atoms with Gasteiger partial charge in [0.25, 0.3) is 5.91 Å². The van der Waals surface area contributed by atoms with Crippen molar-refractivity contribution >= 4 is 46.3 Å². The molecule has 0 atom stereocenters. The number of carboxylic acid groups (broad SMARTS) is 1. The van der Waals surface area contributed by atoms with E-state index >= 15 is 0 Å². The number of thioether (sulfide) groups is 1. The van der Waals surface area contributed by atoms with Gasteiger partial charge in [-0.2, -0.15) is 0 Å². The first-order chi connectivity index (χ1) is 11.4. The number of hydrogen-bond acceptors (Lipinski definition) is 6. The first kappa shape index (κ1) is 18.3. The lowest BCUT2D eigenvalue weighted by molar-refractivity contribution is -0.137. The Morgan fingerprint density at radius 3 is 2.71 bits per heavy atom. The molecule has 1 aliphatic rings. The number of likely N-dealkylation sites (N-methyl/N-ethyl adjacent to an activating group) is 1. The highest BCUT2D eigenvalue weighted by molar-refractivity contribution is 8.26. The second kappa shape index (κ2) is 8.16. The van der Waals surface area contributed by atoms with Gasteiger partial charge in [-0.3, -0.25) is 14.5 Å². The van der Waals surface area contributed by atoms with Crippen LogP contribution in [0.4, 0.5) is 0 Å². The maximum atomic E-state index is 12.0. The van der Waals surface area contributed by atoms with Gasteiger partial charge >= 0.3 is 5.97 Å². The number of benzene rings is 1. The number of ether oxygens (including phenoxy) is 2. The molecule has 0 aromatic heterocycles. The molecule has 1 aromatic rings. The van der Waals surface area contributed by atoms with Crippen LogP contribution in [0.5, 0.6) is 11.5 Å². The summed E-state index contributed by atoms with van der Waals surface area (Å²) in [5.74, 6) is -0.0853. The van der Waals surface area contributed by atoms with E-state index in [1.165, 1.54) is 16.7 Å². The maximum absolute atomic E-state index is 12.0. The second-order valence-electron chi connectivity index (χ2n) is 4.87. The van der Waals surface area contributed by atoms with Gasteiger partial charge in [-0.1, -0.05) is 30.0 Å². The molecule has 0 spiro atoms. The fourth-order valence-electron chi connectivity index (χ4n) is 1.95. The Balaban J connectivity index is 2.20. The highest BCUT2D eigenvalue weighted by atomic mass is 32.2. The van der Waals surface area contributed by atoms with Crippen molar-refractivity contribution in [2.45, 2.75) is 13.3 Å². The Morgan fingerprint density at radius 1 is 1.38 bits per heavy atom. The van der Waals surface area contributed by atoms with Crippen molar-refractivity contribution in [2.24, 2.45) is 0 Å². The molecule has 8 heteroatoms. The summed E-state index contributed by atoms with van der Waals surface area (Å²) in [4.78, 5) is 24.6. The van der Waals surface area contributed by atoms with E-state index in [4.69, 9.17) is 26.8 Å². The summed E-state index contributed by atoms with van der Waals surface area (Å²) < 4.78 is 11.5. The quantitative estimate of drug-likeness (QED) is 0.586. The van der Waals surface area contributed by atoms with Gasteiger partial charge in [-0.25, -0.2) is 0 Å². The molecule has 128 valence electrons. The molecule has 1 aromatic carbocycles. The average molecular weight is 367 g/mol. The lowest BCUT2D eigenvalue weighted by atomic mass is 10.2. The summed E-state index contributed by atoms with van der Waals surface area (Å²) in [5.41, 5.74) is 0.776. The maximum Gasteiger partial charge on any atom is 0.306 e. The van der Waals surface area contributed by atoms with E-state index in [-0.39, 0.29) is 18.9 Å². The Bertz CT molecular complexity index is 702. The molecule has 1 fully saturated rings. The molecule has 1 heterocycles. The predicted molar refractivity (Wildman–Crippen MR) is 96.3 cm³/mol. The van der Waals surface area contributed by atoms with Crippen LogP contribution in [0.15, 0.2) is 23.1 Å². The molecule has 6 nitrogen and oxygen atoms in total. The molecule has 0 bridgehead atoms. The normalized spacial score (nSPS) is 15.9. The Hall–Kier alpha value is -2.06. The minimum Gasteiger partial charge on any atom is -0.490 e. The Kier molecular flexibility index (Phi) is 6.22. The summed E-state index contributed by atoms with van der Waals surface area (Å²) in [6.45, 7) is 2.34. The molecule has 24 heavy (non-hydrogen) atoms. The van der Waals surface area contributed by atoms with Crippen LogP contribution in [0.25, 0.3) is 6.08 Å². The van der Waals surface area contributed by atoms with Gasteiger partial charge in [-0.05, 0) is 30.7 Å². The first-order valence-corrected chi connectivity index (χ1v) is 8.48. The van der Waals surface area contributed by atoms with Crippen molar-refractivity contribution in [3.8, 4) is 11.5 Å². The van der Waals surface area contributed by atoms with E-state index in [9.17, 15) is 9.59 Å². The lowest BCUT2D eigenvalue weighted by Gasteiger charge is -2.12. The molecule has 2 rings (SSSR count). The monoisotopic (exact) mass is 367 g/mol. The zero-order chi connectivity index (χ0) is 17.7. The third-order valence-corrected chi connectivity index (χ3v) is 4.61. The fraction of sp³-hybridized carbons (Fsp3) is 0.312. The van der Waals surface area contributed by atoms with Crippen LogP contribution >= 0.6 is 24.0 Å². The largest absolute Gasteiger partial charge is 0.490 e. The van der Waals surface area contributed by atoms with E-state index < -0.39 is 5.97 Å². The lowest BCUT2D eigenvalue weighted by Crippen LogP contribution is -2.22. The van der Waals surface area contributed by atoms with Crippen LogP contribution in [0.1, 0.15) is 18.9 Å². The number of carbonyl (C=O) groups excluding carboxylic acids is 1. The van der Waals surface area contributed by atoms with E-state index in [2.05, 4.69) is 0 Å². The van der Waals surface area contributed by atoms with Gasteiger partial charge in [0, 0.05) is 7.05 Å². The predicted octanol–water partition coefficient (Wildman–Crippen LogP) is 2.77. The molecule has 0 aliphatic carbocycles. The topological polar surface area (TPSA) is 76.1 Å². The molecule has 0 unspecified atom stereocenters. The van der Waals surface area contributed by atoms with Gasteiger partial charge in [0.1, 0.15) is 4.32 Å². The summed E-state index contributed by atoms with van der Waals surface area (Å²) in [5, 5.41) is 8.67. The number of rotatable bonds is 7. The zero-order valence-corrected chi connectivity index (χ0v) is 14.9. The summed E-state index contributed by atoms with van der Waals surface area (Å²) in [7, 11) is 1.64. The molecule has 0 radical (unpaired) electrons. The van der Waals surface area contributed by atoms with Crippen molar-refractivity contribution in [3.63, 3.8) is 0 Å². The van der Waals surface area contributed by atoms with Crippen molar-refractivity contribution in [1.82, 2.24) is 4.90 Å². The minimum atomic E-state index is -0.925. The molecule has 0 saturated carbocycles. The van der Waals surface area contributed by atoms with Crippen LogP contribution in [0.2, 0.25) is 0 Å². The Morgan fingerprint density at radius 2 is 2.12 bits per heavy atom. The first-order valence-electron chi connectivity index (χ1n) is 7.25. The summed E-state index contributed by atoms with van der Waals surface area (Å²) >= 11 is 6.35. The van der Waals surface area contributed by atoms with Gasteiger partial charge in [0.15, 0.2) is 11.5 Å². The molecular weight excluding hydrogens is 350 g/mol. The highest BCUT2D eigenvalue weighted by Gasteiger charge is 2.28. The molecule has 1 N–H and O–H groups in total. The third-order valence-electron chi connectivity index (χ3n) is 3.13. The molecule has 1 aliphatic heterocycles. The SMILES string of the molecule is CCOc1cc(/C=C2/SC(=S)N(C)C2=O)ccc1OCCC(=O)O. The van der Waals surface area contributed by atoms with E-state index in [1.807, 2.05) is 6.92 Å². The molecule has 1 saturated heterocycles. The van der Waals surface area contributed by atoms with E-state index in [1.54, 1.807) is 31.3 Å². The number of carboxylic acids is 1. The van der Waals surface area contributed by atoms with Crippen molar-refractivity contribution in [2.75, 3.05) is 20.3 Å². The number of hydrogen-bond donors (Lipinski definition) is 1. The average Bonchev–Trinajstić information content (AvgIpc) is 2.76. The van der Waals surface area contributed by atoms with Crippen LogP contribution in [0, 0.1) is 0 Å². The summed E-state index contributed by atoms with van der Waals surface area (Å²) in [6.07, 6.45) is 1.65. The number of nitrogens with zero attached hydrogens (tertiary/aromatic N) is 1. The Labute approximate surface area is 149 Å². The number of carbonyl (C=O) groups is 2. The molecular formula is C16H17NO5S2. The minimum absolute atomic E-state index is 0.0588. The van der Waals surface area contributed by atoms with Crippen molar-refractivity contribution in [3.05, 3.63) is 28.7 Å². The van der Waals surface area contributed by atoms with E-state index in [0.29, 0.717) is 27.3 Å². The molecule has 1 amide bonds. The highest BCUT2D eigenvalue weighted by Crippen LogP contribution is 2.34. The smallest absolute Gasteiger partial charge is 0.306 e. The van der Waals surface area contributed by atoms with Gasteiger partial charge < -0.3 is 14.6 Å². The fourth-order valence-corrected chi connectivity index (χ4v) is 3.13. The van der Waals surface area contributed by atoms with Crippen LogP contribution < -0.4 is 9.47 Å². The van der Waals surface area contributed by atoms with Crippen LogP contribution in [-0.4, -0.2) is 46.5 Å². The number of amides is 1. The van der Waals surface area contributed by atoms with Gasteiger partial charge in [-0.15, -0.1) is 0 Å². The third kappa shape index (κ3) is 4.48. The zero-order valence-electron chi connectivity index (χ0n) is 13.3. The standard InChI is InChI=1S/C16H17NO5S2/c1-3-21-12-8-10(4-5-11(12)22-7-6-14(18)19)9-13-15(20)17(2)16(23)24-13/h4-5,8-9H,3,6-7H2,1-2H3,(H,18,19)/b13-9+. The van der Waals surface area contributed by atoms with Crippen molar-refractivity contribution < 1.29 is 24.2 Å². The second-order valence-corrected chi connectivity index (χ2v) is 6.55. The summed E-state index contributed by atoms with van der Waals surface area (Å²) in [6, 6.07) is 5.23. The van der Waals surface area contributed by atoms with Crippen LogP contribution in [0.3, 0.4) is 0 Å². The van der Waals surface area contributed by atoms with Crippen molar-refractivity contribution in [1.29, 1.82) is 0 Å². The number of thiocarbonyl (C=S) groups is 1. The number of aliphatic carboxylic acids is 1. The van der Waals surface area contributed by atoms with Gasteiger partial charge in [0.05, 0.1) is 24.5 Å². The van der Waals surface area contributed by atoms with Crippen LogP contribution in [-0.2, 0) is 9.59 Å².